The van der Waals surface area contributed by atoms with Crippen LogP contribution in [0.2, 0.25) is 0 Å². The molecule has 414 valence electrons. The van der Waals surface area contributed by atoms with Gasteiger partial charge in [-0.2, -0.15) is 40.2 Å². The van der Waals surface area contributed by atoms with Gasteiger partial charge in [0.15, 0.2) is 0 Å². The molecule has 1 aliphatic heterocycles. The van der Waals surface area contributed by atoms with E-state index in [1.807, 2.05) is 24.6 Å². The van der Waals surface area contributed by atoms with Crippen LogP contribution in [0.15, 0.2) is 67.1 Å². The van der Waals surface area contributed by atoms with Crippen molar-refractivity contribution in [2.24, 2.45) is 10.8 Å². The third-order valence-electron chi connectivity index (χ3n) is 12.5. The summed E-state index contributed by atoms with van der Waals surface area (Å²) in [6, 6.07) is 3.88. The van der Waals surface area contributed by atoms with Gasteiger partial charge in [0, 0.05) is 60.8 Å². The largest absolute Gasteiger partial charge is 0.465 e. The number of benzene rings is 2. The highest BCUT2D eigenvalue weighted by Gasteiger charge is 2.57. The minimum atomic E-state index is -5.28. The highest BCUT2D eigenvalue weighted by molar-refractivity contribution is 5.87. The van der Waals surface area contributed by atoms with Gasteiger partial charge in [-0.3, -0.25) is 15.0 Å². The zero-order chi connectivity index (χ0) is 56.7. The molecule has 3 heterocycles. The van der Waals surface area contributed by atoms with E-state index in [4.69, 9.17) is 4.74 Å². The van der Waals surface area contributed by atoms with Gasteiger partial charge in [0.2, 0.25) is 5.91 Å². The third-order valence-corrected chi connectivity index (χ3v) is 12.5. The molecule has 0 radical (unpaired) electrons. The van der Waals surface area contributed by atoms with Crippen molar-refractivity contribution in [1.82, 2.24) is 41.1 Å². The molecule has 76 heavy (non-hydrogen) atoms. The summed E-state index contributed by atoms with van der Waals surface area (Å²) in [5.74, 6) is 0.438. The molecule has 0 saturated carbocycles. The Morgan fingerprint density at radius 3 is 1.87 bits per heavy atom. The Bertz CT molecular complexity index is 2710. The van der Waals surface area contributed by atoms with Crippen LogP contribution in [0.5, 0.6) is 0 Å². The van der Waals surface area contributed by atoms with Crippen LogP contribution < -0.4 is 26.3 Å². The Kier molecular flexibility index (Phi) is 19.0. The number of halogens is 10. The molecule has 0 bridgehead atoms. The molecule has 6 N–H and O–H groups in total. The Labute approximate surface area is 429 Å². The van der Waals surface area contributed by atoms with Crippen molar-refractivity contribution in [2.75, 3.05) is 31.6 Å². The maximum Gasteiger partial charge on any atom is 0.407 e. The molecule has 2 aromatic carbocycles. The van der Waals surface area contributed by atoms with Crippen LogP contribution in [0.3, 0.4) is 0 Å². The number of aromatic nitrogens is 3. The normalized spacial score (nSPS) is 17.0. The minimum absolute atomic E-state index is 0.00505. The van der Waals surface area contributed by atoms with Crippen LogP contribution in [-0.2, 0) is 32.0 Å². The second-order valence-electron chi connectivity index (χ2n) is 19.1. The number of pyridine rings is 1. The number of anilines is 1. The third kappa shape index (κ3) is 15.0. The summed E-state index contributed by atoms with van der Waals surface area (Å²) in [7, 11) is 0.806. The quantitative estimate of drug-likeness (QED) is 0.0335. The first-order chi connectivity index (χ1) is 35.3. The lowest BCUT2D eigenvalue weighted by molar-refractivity contribution is -0.221. The summed E-state index contributed by atoms with van der Waals surface area (Å²) >= 11 is 0. The van der Waals surface area contributed by atoms with Gasteiger partial charge in [-0.15, -0.1) is 0 Å². The van der Waals surface area contributed by atoms with Crippen LogP contribution in [0.25, 0.3) is 11.1 Å². The molecule has 1 saturated heterocycles. The lowest BCUT2D eigenvalue weighted by Gasteiger charge is -2.38. The highest BCUT2D eigenvalue weighted by Crippen LogP contribution is 2.42. The van der Waals surface area contributed by atoms with Crippen molar-refractivity contribution >= 4 is 29.8 Å². The van der Waals surface area contributed by atoms with Crippen molar-refractivity contribution < 1.29 is 82.8 Å². The number of hydrogen-bond donors (Lipinski definition) is 6. The molecule has 4 unspecified atom stereocenters. The maximum atomic E-state index is 15.9. The van der Waals surface area contributed by atoms with Crippen molar-refractivity contribution in [3.05, 3.63) is 101 Å². The number of aliphatic hydroxyl groups excluding tert-OH is 1. The van der Waals surface area contributed by atoms with Gasteiger partial charge in [0.1, 0.15) is 29.5 Å². The van der Waals surface area contributed by atoms with Crippen molar-refractivity contribution in [3.63, 3.8) is 0 Å². The molecule has 5 rings (SSSR count). The molecule has 27 heteroatoms. The first-order valence-corrected chi connectivity index (χ1v) is 23.1. The monoisotopic (exact) mass is 1090 g/mol. The summed E-state index contributed by atoms with van der Waals surface area (Å²) < 4.78 is 155. The van der Waals surface area contributed by atoms with Crippen LogP contribution in [0.1, 0.15) is 70.3 Å². The molecular weight excluding hydrogens is 1030 g/mol. The van der Waals surface area contributed by atoms with E-state index in [0.717, 1.165) is 25.3 Å². The van der Waals surface area contributed by atoms with E-state index in [2.05, 4.69) is 36.9 Å². The standard InChI is InChI=1S/C49H55F10N9O8/c1-26-21-66(22-27(2)76-26)38-15-14-30(19-60-38)13-10-28-8-11-29(12-9-28)16-36(62-41(70)39(64-45(74)75-7)46(3,4)48(54,55)56)37(69)25-67(65-42(71)40(63-44(72)73)47(5,6)49(57,58)59)24-33-34(50)17-31(18-35(33)51)32-20-61-68(23-32)43(52)53/h8-9,11-12,14-15,17-20,23,26-27,36-37,39-40,43,63,69H,16,21-22,24-25H2,1-7H3,(H,62,70)(H,64,74)(H,65,71)(H,72,73)/t26-,27+,36?,37?,39?,40?. The molecule has 0 aliphatic carbocycles. The lowest BCUT2D eigenvalue weighted by Crippen LogP contribution is -2.63. The van der Waals surface area contributed by atoms with Gasteiger partial charge in [0.25, 0.3) is 5.91 Å². The summed E-state index contributed by atoms with van der Waals surface area (Å²) in [4.78, 5) is 58.5. The Hall–Kier alpha value is -7.18. The van der Waals surface area contributed by atoms with E-state index >= 15 is 8.78 Å². The van der Waals surface area contributed by atoms with E-state index in [9.17, 15) is 64.5 Å². The lowest BCUT2D eigenvalue weighted by atomic mass is 9.82. The Balaban J connectivity index is 1.53. The number of methoxy groups -OCH3 is 1. The molecular formula is C49H55F10N9O8. The molecule has 0 spiro atoms. The molecule has 1 aliphatic rings. The molecule has 4 amide bonds. The fourth-order valence-corrected chi connectivity index (χ4v) is 7.89. The second-order valence-corrected chi connectivity index (χ2v) is 19.1. The summed E-state index contributed by atoms with van der Waals surface area (Å²) in [6.45, 7) is 1.80. The van der Waals surface area contributed by atoms with Gasteiger partial charge in [-0.1, -0.05) is 24.0 Å². The molecule has 17 nitrogen and oxygen atoms in total. The van der Waals surface area contributed by atoms with E-state index in [1.54, 1.807) is 18.3 Å². The fraction of sp³-hybridized carbons (Fsp3) is 0.469. The number of alkyl carbamates (subject to hydrolysis) is 1. The van der Waals surface area contributed by atoms with Crippen molar-refractivity contribution in [1.29, 1.82) is 0 Å². The summed E-state index contributed by atoms with van der Waals surface area (Å²) in [5, 5.41) is 30.8. The van der Waals surface area contributed by atoms with Gasteiger partial charge >= 0.3 is 31.1 Å². The van der Waals surface area contributed by atoms with Crippen LogP contribution in [0.4, 0.5) is 59.3 Å². The fourth-order valence-electron chi connectivity index (χ4n) is 7.89. The van der Waals surface area contributed by atoms with E-state index in [0.29, 0.717) is 69.1 Å². The number of carbonyl (C=O) groups excluding carboxylic acids is 3. The minimum Gasteiger partial charge on any atom is -0.465 e. The number of rotatable bonds is 18. The van der Waals surface area contributed by atoms with Gasteiger partial charge < -0.3 is 40.5 Å². The van der Waals surface area contributed by atoms with Crippen LogP contribution in [0, 0.1) is 34.3 Å². The first-order valence-electron chi connectivity index (χ1n) is 23.1. The van der Waals surface area contributed by atoms with Crippen molar-refractivity contribution in [2.45, 2.75) is 110 Å². The number of morpholine rings is 1. The van der Waals surface area contributed by atoms with E-state index < -0.39 is 115 Å². The van der Waals surface area contributed by atoms with Crippen LogP contribution >= 0.6 is 0 Å². The predicted molar refractivity (Wildman–Crippen MR) is 252 cm³/mol. The van der Waals surface area contributed by atoms with Gasteiger partial charge in [0.05, 0.1) is 48.5 Å². The average Bonchev–Trinajstić information content (AvgIpc) is 3.83. The zero-order valence-corrected chi connectivity index (χ0v) is 41.8. The number of nitrogens with one attached hydrogen (secondary N) is 4. The summed E-state index contributed by atoms with van der Waals surface area (Å²) in [5.41, 5.74) is -4.55. The van der Waals surface area contributed by atoms with E-state index in [-0.39, 0.29) is 33.6 Å². The number of aliphatic hydroxyl groups is 1. The molecule has 4 aromatic rings. The number of carbonyl (C=O) groups is 4. The number of hydrogen-bond acceptors (Lipinski definition) is 11. The predicted octanol–water partition coefficient (Wildman–Crippen LogP) is 7.09. The number of ether oxygens (including phenoxy) is 2. The van der Waals surface area contributed by atoms with Crippen LogP contribution in [-0.4, -0.2) is 130 Å². The Morgan fingerprint density at radius 2 is 1.37 bits per heavy atom. The number of amides is 4. The zero-order valence-electron chi connectivity index (χ0n) is 41.8. The number of carboxylic acid groups (broad SMARTS) is 1. The van der Waals surface area contributed by atoms with Gasteiger partial charge in [-0.05, 0) is 95.5 Å². The molecule has 1 fully saturated rings. The van der Waals surface area contributed by atoms with Gasteiger partial charge in [-0.25, -0.2) is 33.0 Å². The number of alkyl halides is 8. The maximum absolute atomic E-state index is 15.9. The Morgan fingerprint density at radius 1 is 0.816 bits per heavy atom. The smallest absolute Gasteiger partial charge is 0.407 e. The topological polar surface area (TPSA) is 213 Å². The van der Waals surface area contributed by atoms with E-state index in [1.165, 1.54) is 29.6 Å². The SMILES string of the molecule is COC(=O)NC(C(=O)NC(Cc1ccc(C#Cc2ccc(N3C[C@@H](C)O[C@@H](C)C3)nc2)cc1)C(O)CN(Cc1c(F)cc(-c2cnn(C(F)F)c2)cc1F)NC(=O)C(NC(=O)O)C(C)(C)C(F)(F)F)C(C)(C)C(F)(F)F. The first kappa shape index (κ1) is 59.7. The summed E-state index contributed by atoms with van der Waals surface area (Å²) in [6.07, 6.45) is -13.5. The molecule has 2 aromatic heterocycles. The average molecular weight is 1090 g/mol. The number of nitrogens with zero attached hydrogens (tertiary/aromatic N) is 5. The molecule has 6 atom stereocenters. The second kappa shape index (κ2) is 24.2. The van der Waals surface area contributed by atoms with Crippen molar-refractivity contribution in [3.8, 4) is 23.0 Å². The highest BCUT2D eigenvalue weighted by atomic mass is 19.4. The number of hydrazine groups is 1.